The van der Waals surface area contributed by atoms with Crippen molar-refractivity contribution >= 4 is 5.91 Å². The van der Waals surface area contributed by atoms with Crippen LogP contribution in [-0.2, 0) is 29.0 Å². The number of aromatic nitrogens is 3. The summed E-state index contributed by atoms with van der Waals surface area (Å²) in [5.41, 5.74) is 1.21. The fourth-order valence-corrected chi connectivity index (χ4v) is 4.39. The number of hydrogen-bond acceptors (Lipinski definition) is 6. The monoisotopic (exact) mass is 427 g/mol. The van der Waals surface area contributed by atoms with Gasteiger partial charge >= 0.3 is 0 Å². The minimum Gasteiger partial charge on any atom is -0.494 e. The van der Waals surface area contributed by atoms with Crippen LogP contribution in [0.4, 0.5) is 0 Å². The van der Waals surface area contributed by atoms with Gasteiger partial charge in [0.25, 0.3) is 0 Å². The first-order chi connectivity index (χ1) is 15.2. The molecule has 1 amide bonds. The van der Waals surface area contributed by atoms with Crippen molar-refractivity contribution in [2.75, 3.05) is 32.9 Å². The van der Waals surface area contributed by atoms with Gasteiger partial charge in [-0.2, -0.15) is 0 Å². The lowest BCUT2D eigenvalue weighted by Crippen LogP contribution is -2.36. The van der Waals surface area contributed by atoms with Crippen molar-refractivity contribution in [3.05, 3.63) is 41.5 Å². The van der Waals surface area contributed by atoms with E-state index in [1.165, 1.54) is 5.56 Å². The molecule has 3 heterocycles. The molecule has 168 valence electrons. The lowest BCUT2D eigenvalue weighted by atomic mass is 9.99. The molecule has 0 radical (unpaired) electrons. The number of para-hydroxylation sites is 1. The zero-order chi connectivity index (χ0) is 21.6. The third kappa shape index (κ3) is 5.25. The van der Waals surface area contributed by atoms with Crippen LogP contribution in [0.25, 0.3) is 0 Å². The molecule has 2 aromatic rings. The molecule has 8 nitrogen and oxygen atoms in total. The van der Waals surface area contributed by atoms with Crippen molar-refractivity contribution in [1.82, 2.24) is 25.0 Å². The Balaban J connectivity index is 1.38. The van der Waals surface area contributed by atoms with Gasteiger partial charge in [-0.15, -0.1) is 10.2 Å². The molecule has 1 fully saturated rings. The lowest BCUT2D eigenvalue weighted by molar-refractivity contribution is -0.128. The van der Waals surface area contributed by atoms with E-state index in [0.29, 0.717) is 19.8 Å². The Bertz CT molecular complexity index is 878. The Morgan fingerprint density at radius 2 is 2.03 bits per heavy atom. The molecule has 1 unspecified atom stereocenters. The van der Waals surface area contributed by atoms with Gasteiger partial charge in [-0.3, -0.25) is 9.69 Å². The fourth-order valence-electron chi connectivity index (χ4n) is 4.39. The molecule has 0 spiro atoms. The van der Waals surface area contributed by atoms with E-state index in [2.05, 4.69) is 37.1 Å². The molecule has 0 aliphatic carbocycles. The second kappa shape index (κ2) is 10.2. The van der Waals surface area contributed by atoms with Crippen molar-refractivity contribution < 1.29 is 14.3 Å². The topological polar surface area (TPSA) is 81.5 Å². The average Bonchev–Trinajstić information content (AvgIpc) is 3.10. The van der Waals surface area contributed by atoms with Gasteiger partial charge in [-0.1, -0.05) is 18.2 Å². The molecule has 1 saturated heterocycles. The summed E-state index contributed by atoms with van der Waals surface area (Å²) in [5.74, 6) is 2.91. The summed E-state index contributed by atoms with van der Waals surface area (Å²) in [6.45, 7) is 9.48. The van der Waals surface area contributed by atoms with Crippen LogP contribution in [0.15, 0.2) is 24.3 Å². The van der Waals surface area contributed by atoms with Crippen LogP contribution in [0.5, 0.6) is 5.75 Å². The summed E-state index contributed by atoms with van der Waals surface area (Å²) in [4.78, 5) is 15.1. The number of rotatable bonds is 7. The van der Waals surface area contributed by atoms with Crippen LogP contribution in [0.3, 0.4) is 0 Å². The van der Waals surface area contributed by atoms with Crippen molar-refractivity contribution in [3.8, 4) is 5.75 Å². The first-order valence-electron chi connectivity index (χ1n) is 11.4. The SMILES string of the molecule is CCOc1ccccc1CN1CCc2nnc(C(C)NC(=O)C3CCOCC3)n2CC1. The van der Waals surface area contributed by atoms with E-state index in [1.54, 1.807) is 0 Å². The molecule has 1 atom stereocenters. The molecule has 4 rings (SSSR count). The number of carbonyl (C=O) groups is 1. The van der Waals surface area contributed by atoms with E-state index >= 15 is 0 Å². The van der Waals surface area contributed by atoms with E-state index in [-0.39, 0.29) is 17.9 Å². The Labute approximate surface area is 183 Å². The highest BCUT2D eigenvalue weighted by Gasteiger charge is 2.26. The molecule has 0 bridgehead atoms. The van der Waals surface area contributed by atoms with E-state index in [1.807, 2.05) is 26.0 Å². The zero-order valence-electron chi connectivity index (χ0n) is 18.5. The number of hydrogen-bond donors (Lipinski definition) is 1. The minimum absolute atomic E-state index is 0.0311. The minimum atomic E-state index is -0.165. The van der Waals surface area contributed by atoms with Gasteiger partial charge < -0.3 is 19.4 Å². The normalized spacial score (nSPS) is 18.8. The summed E-state index contributed by atoms with van der Waals surface area (Å²) in [5, 5.41) is 12.0. The fraction of sp³-hybridized carbons (Fsp3) is 0.609. The van der Waals surface area contributed by atoms with E-state index in [4.69, 9.17) is 9.47 Å². The number of fused-ring (bicyclic) bond motifs is 1. The van der Waals surface area contributed by atoms with E-state index in [9.17, 15) is 4.79 Å². The van der Waals surface area contributed by atoms with Gasteiger partial charge in [0.05, 0.1) is 12.6 Å². The van der Waals surface area contributed by atoms with Crippen molar-refractivity contribution in [2.24, 2.45) is 5.92 Å². The summed E-state index contributed by atoms with van der Waals surface area (Å²) in [7, 11) is 0. The Morgan fingerprint density at radius 1 is 1.23 bits per heavy atom. The van der Waals surface area contributed by atoms with Crippen LogP contribution in [0, 0.1) is 5.92 Å². The highest BCUT2D eigenvalue weighted by Crippen LogP contribution is 2.22. The highest BCUT2D eigenvalue weighted by molar-refractivity contribution is 5.79. The van der Waals surface area contributed by atoms with E-state index < -0.39 is 0 Å². The standard InChI is InChI=1S/C23H33N5O3/c1-3-31-20-7-5-4-6-19(20)16-27-11-8-21-25-26-22(28(21)13-12-27)17(2)24-23(29)18-9-14-30-15-10-18/h4-7,17-18H,3,8-16H2,1-2H3,(H,24,29). The number of nitrogens with one attached hydrogen (secondary N) is 1. The molecule has 1 N–H and O–H groups in total. The van der Waals surface area contributed by atoms with Crippen LogP contribution in [0.1, 0.15) is 49.9 Å². The van der Waals surface area contributed by atoms with Gasteiger partial charge in [0.2, 0.25) is 5.91 Å². The third-order valence-corrected chi connectivity index (χ3v) is 6.15. The number of ether oxygens (including phenoxy) is 2. The average molecular weight is 428 g/mol. The number of carbonyl (C=O) groups excluding carboxylic acids is 1. The first-order valence-corrected chi connectivity index (χ1v) is 11.4. The molecular formula is C23H33N5O3. The predicted molar refractivity (Wildman–Crippen MR) is 117 cm³/mol. The summed E-state index contributed by atoms with van der Waals surface area (Å²) < 4.78 is 13.3. The van der Waals surface area contributed by atoms with Crippen LogP contribution >= 0.6 is 0 Å². The van der Waals surface area contributed by atoms with Crippen molar-refractivity contribution in [2.45, 2.75) is 52.2 Å². The second-order valence-electron chi connectivity index (χ2n) is 8.31. The highest BCUT2D eigenvalue weighted by atomic mass is 16.5. The smallest absolute Gasteiger partial charge is 0.223 e. The Morgan fingerprint density at radius 3 is 2.84 bits per heavy atom. The quantitative estimate of drug-likeness (QED) is 0.731. The van der Waals surface area contributed by atoms with Crippen molar-refractivity contribution in [1.29, 1.82) is 0 Å². The lowest BCUT2D eigenvalue weighted by Gasteiger charge is -2.24. The van der Waals surface area contributed by atoms with Crippen molar-refractivity contribution in [3.63, 3.8) is 0 Å². The molecule has 8 heteroatoms. The van der Waals surface area contributed by atoms with Gasteiger partial charge in [0, 0.05) is 57.3 Å². The molecule has 2 aliphatic heterocycles. The molecule has 1 aromatic carbocycles. The Kier molecular flexibility index (Phi) is 7.19. The molecular weight excluding hydrogens is 394 g/mol. The molecule has 0 saturated carbocycles. The van der Waals surface area contributed by atoms with E-state index in [0.717, 1.165) is 62.8 Å². The molecule has 2 aliphatic rings. The zero-order valence-corrected chi connectivity index (χ0v) is 18.5. The molecule has 31 heavy (non-hydrogen) atoms. The number of benzene rings is 1. The summed E-state index contributed by atoms with van der Waals surface area (Å²) >= 11 is 0. The second-order valence-corrected chi connectivity index (χ2v) is 8.31. The predicted octanol–water partition coefficient (Wildman–Crippen LogP) is 2.34. The van der Waals surface area contributed by atoms with Gasteiger partial charge in [0.15, 0.2) is 5.82 Å². The van der Waals surface area contributed by atoms with Crippen LogP contribution in [-0.4, -0.2) is 58.5 Å². The van der Waals surface area contributed by atoms with Crippen LogP contribution in [0.2, 0.25) is 0 Å². The van der Waals surface area contributed by atoms with Gasteiger partial charge in [0.1, 0.15) is 11.6 Å². The third-order valence-electron chi connectivity index (χ3n) is 6.15. The first kappa shape index (κ1) is 21.8. The van der Waals surface area contributed by atoms with Gasteiger partial charge in [-0.05, 0) is 32.8 Å². The number of nitrogens with zero attached hydrogens (tertiary/aromatic N) is 4. The maximum Gasteiger partial charge on any atom is 0.223 e. The largest absolute Gasteiger partial charge is 0.494 e. The summed E-state index contributed by atoms with van der Waals surface area (Å²) in [6, 6.07) is 8.08. The Hall–Kier alpha value is -2.45. The number of amides is 1. The van der Waals surface area contributed by atoms with Crippen LogP contribution < -0.4 is 10.1 Å². The van der Waals surface area contributed by atoms with Gasteiger partial charge in [-0.25, -0.2) is 0 Å². The maximum absolute atomic E-state index is 12.6. The maximum atomic E-state index is 12.6. The summed E-state index contributed by atoms with van der Waals surface area (Å²) in [6.07, 6.45) is 2.41. The molecule has 1 aromatic heterocycles.